The van der Waals surface area contributed by atoms with Crippen molar-refractivity contribution < 1.29 is 19.1 Å². The van der Waals surface area contributed by atoms with Crippen LogP contribution in [0.25, 0.3) is 0 Å². The van der Waals surface area contributed by atoms with Crippen molar-refractivity contribution in [2.75, 3.05) is 5.32 Å². The second-order valence-electron chi connectivity index (χ2n) is 11.3. The van der Waals surface area contributed by atoms with Gasteiger partial charge in [0.1, 0.15) is 17.5 Å². The zero-order chi connectivity index (χ0) is 26.7. The fourth-order valence-corrected chi connectivity index (χ4v) is 7.00. The van der Waals surface area contributed by atoms with Crippen LogP contribution in [0.3, 0.4) is 0 Å². The van der Waals surface area contributed by atoms with Crippen LogP contribution in [0, 0.1) is 42.4 Å². The number of allylic oxidation sites excluding steroid dienone is 2. The number of anilines is 1. The van der Waals surface area contributed by atoms with Crippen molar-refractivity contribution in [3.8, 4) is 11.5 Å². The highest BCUT2D eigenvalue weighted by Gasteiger charge is 2.67. The molecule has 2 saturated carbocycles. The third-order valence-electron chi connectivity index (χ3n) is 8.96. The predicted molar refractivity (Wildman–Crippen MR) is 147 cm³/mol. The Bertz CT molecular complexity index is 1430. The van der Waals surface area contributed by atoms with Gasteiger partial charge in [-0.1, -0.05) is 60.2 Å². The van der Waals surface area contributed by atoms with Crippen molar-refractivity contribution in [1.82, 2.24) is 4.90 Å². The molecule has 0 radical (unpaired) electrons. The van der Waals surface area contributed by atoms with Crippen LogP contribution in [0.1, 0.15) is 17.5 Å². The lowest BCUT2D eigenvalue weighted by molar-refractivity contribution is -0.146. The van der Waals surface area contributed by atoms with Gasteiger partial charge in [-0.15, -0.1) is 0 Å². The molecule has 1 aliphatic heterocycles. The van der Waals surface area contributed by atoms with Gasteiger partial charge in [0.05, 0.1) is 11.8 Å². The van der Waals surface area contributed by atoms with Gasteiger partial charge in [0.2, 0.25) is 17.7 Å². The Morgan fingerprint density at radius 3 is 2.00 bits per heavy atom. The molecule has 2 bridgehead atoms. The molecule has 0 unspecified atom stereocenters. The van der Waals surface area contributed by atoms with Crippen molar-refractivity contribution in [3.05, 3.63) is 102 Å². The highest BCUT2D eigenvalue weighted by Crippen LogP contribution is 2.65. The number of nitrogens with one attached hydrogen (secondary N) is 1. The maximum absolute atomic E-state index is 13.8. The topological polar surface area (TPSA) is 75.7 Å². The number of hydrogen-bond donors (Lipinski definition) is 1. The number of carbonyl (C=O) groups excluding carboxylic acids is 3. The third-order valence-corrected chi connectivity index (χ3v) is 8.96. The number of nitrogens with zero attached hydrogens (tertiary/aromatic N) is 1. The summed E-state index contributed by atoms with van der Waals surface area (Å²) in [5.41, 5.74) is 2.63. The molecule has 39 heavy (non-hydrogen) atoms. The normalized spacial score (nSPS) is 28.6. The second kappa shape index (κ2) is 9.23. The van der Waals surface area contributed by atoms with E-state index in [1.807, 2.05) is 61.5 Å². The lowest BCUT2D eigenvalue weighted by atomic mass is 9.63. The van der Waals surface area contributed by atoms with Gasteiger partial charge in [-0.2, -0.15) is 0 Å². The van der Waals surface area contributed by atoms with Gasteiger partial charge in [0, 0.05) is 12.1 Å². The van der Waals surface area contributed by atoms with E-state index >= 15 is 0 Å². The van der Waals surface area contributed by atoms with Crippen LogP contribution in [0.5, 0.6) is 11.5 Å². The van der Waals surface area contributed by atoms with Crippen molar-refractivity contribution in [1.29, 1.82) is 0 Å². The monoisotopic (exact) mass is 518 g/mol. The molecular formula is C33H30N2O4. The summed E-state index contributed by atoms with van der Waals surface area (Å²) >= 11 is 0. The average Bonchev–Trinajstić information content (AvgIpc) is 3.73. The number of benzene rings is 3. The van der Waals surface area contributed by atoms with Crippen LogP contribution in [0.15, 0.2) is 91.0 Å². The van der Waals surface area contributed by atoms with Gasteiger partial charge in [-0.05, 0) is 79.0 Å². The summed E-state index contributed by atoms with van der Waals surface area (Å²) in [5.74, 6) is 1.24. The maximum Gasteiger partial charge on any atom is 0.248 e. The van der Waals surface area contributed by atoms with E-state index in [9.17, 15) is 14.4 Å². The molecular weight excluding hydrogens is 488 g/mol. The molecule has 3 fully saturated rings. The Labute approximate surface area is 227 Å². The van der Waals surface area contributed by atoms with Crippen LogP contribution in [-0.4, -0.2) is 28.7 Å². The Kier molecular flexibility index (Phi) is 5.65. The van der Waals surface area contributed by atoms with Crippen LogP contribution < -0.4 is 10.1 Å². The number of hydrogen-bond acceptors (Lipinski definition) is 4. The van der Waals surface area contributed by atoms with Crippen molar-refractivity contribution in [3.63, 3.8) is 0 Å². The van der Waals surface area contributed by atoms with Gasteiger partial charge >= 0.3 is 0 Å². The van der Waals surface area contributed by atoms with Crippen LogP contribution >= 0.6 is 0 Å². The van der Waals surface area contributed by atoms with Crippen molar-refractivity contribution >= 4 is 23.4 Å². The predicted octanol–water partition coefficient (Wildman–Crippen LogP) is 5.39. The van der Waals surface area contributed by atoms with Crippen LogP contribution in [-0.2, 0) is 20.8 Å². The van der Waals surface area contributed by atoms with E-state index in [4.69, 9.17) is 4.74 Å². The smallest absolute Gasteiger partial charge is 0.248 e. The molecule has 3 aromatic carbocycles. The van der Waals surface area contributed by atoms with Gasteiger partial charge in [-0.25, -0.2) is 0 Å². The minimum atomic E-state index is -0.919. The van der Waals surface area contributed by atoms with Crippen molar-refractivity contribution in [2.24, 2.45) is 35.5 Å². The molecule has 1 heterocycles. The standard InChI is InChI=1S/C33H30N2O4/c1-19-7-11-22(12-8-19)39-23-13-9-21(10-14-23)34-31(36)28(17-20-5-3-2-4-6-20)35-32(37)29-24-15-16-25(27-18-26(24)27)30(29)33(35)38/h2-16,24-30H,17-18H2,1H3,(H,34,36)/t24-,25-,26-,27+,28-,29+,30+/m0/s1. The molecule has 4 aliphatic carbocycles. The van der Waals surface area contributed by atoms with Gasteiger partial charge in [0.25, 0.3) is 0 Å². The van der Waals surface area contributed by atoms with Crippen molar-refractivity contribution in [2.45, 2.75) is 25.8 Å². The zero-order valence-electron chi connectivity index (χ0n) is 21.7. The molecule has 0 spiro atoms. The first-order chi connectivity index (χ1) is 19.0. The molecule has 7 atom stereocenters. The van der Waals surface area contributed by atoms with E-state index in [2.05, 4.69) is 17.5 Å². The lowest BCUT2D eigenvalue weighted by Gasteiger charge is -2.37. The maximum atomic E-state index is 13.8. The molecule has 0 aromatic heterocycles. The summed E-state index contributed by atoms with van der Waals surface area (Å²) in [6, 6.07) is 23.6. The summed E-state index contributed by atoms with van der Waals surface area (Å²) < 4.78 is 5.91. The minimum Gasteiger partial charge on any atom is -0.457 e. The molecule has 5 aliphatic rings. The number of aryl methyl sites for hydroxylation is 1. The van der Waals surface area contributed by atoms with Gasteiger partial charge in [-0.3, -0.25) is 19.3 Å². The Balaban J connectivity index is 1.12. The number of likely N-dealkylation sites (tertiary alicyclic amines) is 1. The highest BCUT2D eigenvalue weighted by atomic mass is 16.5. The summed E-state index contributed by atoms with van der Waals surface area (Å²) in [6.07, 6.45) is 5.68. The Morgan fingerprint density at radius 2 is 1.41 bits per heavy atom. The highest BCUT2D eigenvalue weighted by molar-refractivity contribution is 6.10. The molecule has 3 aromatic rings. The first kappa shape index (κ1) is 23.9. The quantitative estimate of drug-likeness (QED) is 0.336. The third kappa shape index (κ3) is 4.15. The zero-order valence-corrected chi connectivity index (χ0v) is 21.7. The Morgan fingerprint density at radius 1 is 0.846 bits per heavy atom. The first-order valence-corrected chi connectivity index (χ1v) is 13.7. The van der Waals surface area contributed by atoms with Gasteiger partial charge < -0.3 is 10.1 Å². The molecule has 196 valence electrons. The van der Waals surface area contributed by atoms with E-state index in [0.29, 0.717) is 23.3 Å². The SMILES string of the molecule is Cc1ccc(Oc2ccc(NC(=O)[C@H](Cc3ccccc3)N3C(=O)[C@@H]4[C@H]5C=C[C@@H]([C@@H]6C[C@H]56)[C@H]4C3=O)cc2)cc1. The summed E-state index contributed by atoms with van der Waals surface area (Å²) in [4.78, 5) is 42.7. The van der Waals surface area contributed by atoms with E-state index in [1.54, 1.807) is 24.3 Å². The first-order valence-electron chi connectivity index (χ1n) is 13.7. The second-order valence-corrected chi connectivity index (χ2v) is 11.3. The largest absolute Gasteiger partial charge is 0.457 e. The van der Waals surface area contributed by atoms with Gasteiger partial charge in [0.15, 0.2) is 0 Å². The molecule has 6 heteroatoms. The number of amides is 3. The summed E-state index contributed by atoms with van der Waals surface area (Å²) in [5, 5.41) is 2.96. The Hall–Kier alpha value is -4.19. The molecule has 6 nitrogen and oxygen atoms in total. The van der Waals surface area contributed by atoms with E-state index in [-0.39, 0.29) is 47.8 Å². The number of ether oxygens (including phenoxy) is 1. The number of imide groups is 1. The fraction of sp³-hybridized carbons (Fsp3) is 0.303. The van der Waals surface area contributed by atoms with Crippen LogP contribution in [0.4, 0.5) is 5.69 Å². The van der Waals surface area contributed by atoms with E-state index in [0.717, 1.165) is 23.3 Å². The number of rotatable bonds is 7. The van der Waals surface area contributed by atoms with E-state index < -0.39 is 6.04 Å². The minimum absolute atomic E-state index is 0.118. The molecule has 1 N–H and O–H groups in total. The summed E-state index contributed by atoms with van der Waals surface area (Å²) in [6.45, 7) is 2.02. The van der Waals surface area contributed by atoms with E-state index in [1.165, 1.54) is 4.90 Å². The average molecular weight is 519 g/mol. The molecule has 3 amide bonds. The summed E-state index contributed by atoms with van der Waals surface area (Å²) in [7, 11) is 0. The molecule has 1 saturated heterocycles. The fourth-order valence-electron chi connectivity index (χ4n) is 7.00. The van der Waals surface area contributed by atoms with Crippen LogP contribution in [0.2, 0.25) is 0 Å². The lowest BCUT2D eigenvalue weighted by Crippen LogP contribution is -2.49. The molecule has 8 rings (SSSR count). The number of carbonyl (C=O) groups is 3.